The van der Waals surface area contributed by atoms with Gasteiger partial charge in [-0.25, -0.2) is 10.9 Å². The van der Waals surface area contributed by atoms with Crippen molar-refractivity contribution in [1.82, 2.24) is 10.9 Å². The average molecular weight is 583 g/mol. The number of benzene rings is 5. The van der Waals surface area contributed by atoms with Gasteiger partial charge in [0.05, 0.1) is 12.4 Å². The van der Waals surface area contributed by atoms with Crippen LogP contribution in [-0.4, -0.2) is 34.5 Å². The Hall–Kier alpha value is -5.70. The predicted molar refractivity (Wildman–Crippen MR) is 170 cm³/mol. The van der Waals surface area contributed by atoms with E-state index in [1.807, 2.05) is 0 Å². The minimum atomic E-state index is -1.95. The molecular weight excluding hydrogens is 552 g/mol. The standard InChI is InChI=1S/C36H30N4O4/c41-33(35(43,29-16-5-1-6-17-29)30-18-7-2-8-19-30)39-37-25-27-14-13-15-28(24-27)26-38-40-34(42)36(44,31-20-9-3-10-21-31)32-22-11-4-12-23-32/h1-26,43-44H,(H,39,41)(H,40,42)/b37-25+,38-26+. The largest absolute Gasteiger partial charge is 0.372 e. The second-order valence-electron chi connectivity index (χ2n) is 9.95. The van der Waals surface area contributed by atoms with Crippen molar-refractivity contribution in [3.8, 4) is 0 Å². The Bertz CT molecular complexity index is 1550. The maximum atomic E-state index is 13.3. The van der Waals surface area contributed by atoms with E-state index in [4.69, 9.17) is 0 Å². The second-order valence-corrected chi connectivity index (χ2v) is 9.95. The lowest BCUT2D eigenvalue weighted by atomic mass is 9.85. The summed E-state index contributed by atoms with van der Waals surface area (Å²) in [6, 6.07) is 41.7. The third kappa shape index (κ3) is 6.37. The van der Waals surface area contributed by atoms with E-state index < -0.39 is 23.0 Å². The summed E-state index contributed by atoms with van der Waals surface area (Å²) in [7, 11) is 0. The zero-order valence-electron chi connectivity index (χ0n) is 23.6. The monoisotopic (exact) mass is 582 g/mol. The molecule has 8 nitrogen and oxygen atoms in total. The van der Waals surface area contributed by atoms with Crippen LogP contribution in [0.2, 0.25) is 0 Å². The fraction of sp³-hybridized carbons (Fsp3) is 0.0556. The molecule has 4 N–H and O–H groups in total. The molecule has 0 spiro atoms. The molecule has 8 heteroatoms. The van der Waals surface area contributed by atoms with E-state index in [-0.39, 0.29) is 0 Å². The number of nitrogens with zero attached hydrogens (tertiary/aromatic N) is 2. The van der Waals surface area contributed by atoms with Crippen LogP contribution in [0, 0.1) is 0 Å². The molecule has 0 fully saturated rings. The number of hydrogen-bond acceptors (Lipinski definition) is 6. The van der Waals surface area contributed by atoms with Crippen molar-refractivity contribution >= 4 is 24.2 Å². The van der Waals surface area contributed by atoms with Crippen LogP contribution in [0.3, 0.4) is 0 Å². The van der Waals surface area contributed by atoms with Crippen LogP contribution >= 0.6 is 0 Å². The van der Waals surface area contributed by atoms with Gasteiger partial charge >= 0.3 is 0 Å². The van der Waals surface area contributed by atoms with Crippen molar-refractivity contribution in [3.63, 3.8) is 0 Å². The Labute approximate surface area is 255 Å². The summed E-state index contributed by atoms with van der Waals surface area (Å²) < 4.78 is 0. The molecule has 0 aliphatic heterocycles. The van der Waals surface area contributed by atoms with Crippen LogP contribution in [0.4, 0.5) is 0 Å². The van der Waals surface area contributed by atoms with Crippen molar-refractivity contribution in [2.45, 2.75) is 11.2 Å². The fourth-order valence-corrected chi connectivity index (χ4v) is 4.79. The highest BCUT2D eigenvalue weighted by molar-refractivity contribution is 5.93. The van der Waals surface area contributed by atoms with Crippen LogP contribution in [0.15, 0.2) is 156 Å². The van der Waals surface area contributed by atoms with Gasteiger partial charge in [-0.2, -0.15) is 10.2 Å². The average Bonchev–Trinajstić information content (AvgIpc) is 3.09. The quantitative estimate of drug-likeness (QED) is 0.143. The number of amides is 2. The maximum absolute atomic E-state index is 13.3. The minimum absolute atomic E-state index is 0.408. The Morgan fingerprint density at radius 1 is 0.477 bits per heavy atom. The van der Waals surface area contributed by atoms with E-state index in [0.29, 0.717) is 33.4 Å². The lowest BCUT2D eigenvalue weighted by Crippen LogP contribution is -2.43. The third-order valence-electron chi connectivity index (χ3n) is 7.09. The molecule has 0 radical (unpaired) electrons. The van der Waals surface area contributed by atoms with Crippen molar-refractivity contribution in [2.75, 3.05) is 0 Å². The minimum Gasteiger partial charge on any atom is -0.372 e. The number of rotatable bonds is 10. The van der Waals surface area contributed by atoms with Crippen LogP contribution in [0.5, 0.6) is 0 Å². The van der Waals surface area contributed by atoms with Gasteiger partial charge in [0, 0.05) is 0 Å². The normalized spacial score (nSPS) is 11.9. The molecule has 5 aromatic rings. The molecule has 0 saturated carbocycles. The van der Waals surface area contributed by atoms with Crippen molar-refractivity contribution in [1.29, 1.82) is 0 Å². The van der Waals surface area contributed by atoms with Crippen LogP contribution in [0.1, 0.15) is 33.4 Å². The maximum Gasteiger partial charge on any atom is 0.281 e. The molecule has 0 aliphatic rings. The molecule has 5 aromatic carbocycles. The Morgan fingerprint density at radius 3 is 1.07 bits per heavy atom. The molecule has 2 amide bonds. The van der Waals surface area contributed by atoms with Crippen LogP contribution in [-0.2, 0) is 20.8 Å². The van der Waals surface area contributed by atoms with Gasteiger partial charge < -0.3 is 10.2 Å². The first-order valence-corrected chi connectivity index (χ1v) is 13.9. The summed E-state index contributed by atoms with van der Waals surface area (Å²) in [5.74, 6) is -1.42. The van der Waals surface area contributed by atoms with Gasteiger partial charge in [0.1, 0.15) is 0 Å². The lowest BCUT2D eigenvalue weighted by molar-refractivity contribution is -0.137. The number of carbonyl (C=O) groups excluding carboxylic acids is 2. The number of nitrogens with one attached hydrogen (secondary N) is 2. The number of hydrogen-bond donors (Lipinski definition) is 4. The fourth-order valence-electron chi connectivity index (χ4n) is 4.79. The Morgan fingerprint density at radius 2 is 0.773 bits per heavy atom. The molecule has 0 atom stereocenters. The van der Waals surface area contributed by atoms with Gasteiger partial charge in [-0.3, -0.25) is 9.59 Å². The summed E-state index contributed by atoms with van der Waals surface area (Å²) in [6.07, 6.45) is 2.88. The first-order valence-electron chi connectivity index (χ1n) is 13.9. The van der Waals surface area contributed by atoms with E-state index in [1.54, 1.807) is 146 Å². The van der Waals surface area contributed by atoms with E-state index in [1.165, 1.54) is 12.4 Å². The number of aliphatic hydroxyl groups is 2. The zero-order valence-corrected chi connectivity index (χ0v) is 23.6. The first-order chi connectivity index (χ1) is 21.4. The van der Waals surface area contributed by atoms with Crippen molar-refractivity contribution < 1.29 is 19.8 Å². The Balaban J connectivity index is 1.29. The number of hydrazone groups is 2. The van der Waals surface area contributed by atoms with Crippen molar-refractivity contribution in [3.05, 3.63) is 179 Å². The smallest absolute Gasteiger partial charge is 0.281 e. The summed E-state index contributed by atoms with van der Waals surface area (Å²) in [6.45, 7) is 0. The van der Waals surface area contributed by atoms with Gasteiger partial charge in [-0.15, -0.1) is 0 Å². The first kappa shape index (κ1) is 29.8. The molecule has 0 aliphatic carbocycles. The Kier molecular flexibility index (Phi) is 9.15. The van der Waals surface area contributed by atoms with Gasteiger partial charge in [-0.1, -0.05) is 140 Å². The molecular formula is C36H30N4O4. The van der Waals surface area contributed by atoms with Crippen LogP contribution in [0.25, 0.3) is 0 Å². The second kappa shape index (κ2) is 13.5. The number of carbonyl (C=O) groups is 2. The van der Waals surface area contributed by atoms with Gasteiger partial charge in [-0.05, 0) is 39.4 Å². The molecule has 0 unspecified atom stereocenters. The van der Waals surface area contributed by atoms with E-state index in [0.717, 1.165) is 0 Å². The predicted octanol–water partition coefficient (Wildman–Crippen LogP) is 4.46. The lowest BCUT2D eigenvalue weighted by Gasteiger charge is -2.27. The molecule has 0 bridgehead atoms. The molecule has 5 rings (SSSR count). The molecule has 44 heavy (non-hydrogen) atoms. The topological polar surface area (TPSA) is 123 Å². The summed E-state index contributed by atoms with van der Waals surface area (Å²) in [5, 5.41) is 31.3. The molecule has 0 saturated heterocycles. The molecule has 218 valence electrons. The molecule has 0 heterocycles. The van der Waals surface area contributed by atoms with E-state index in [9.17, 15) is 19.8 Å². The van der Waals surface area contributed by atoms with E-state index >= 15 is 0 Å². The van der Waals surface area contributed by atoms with Gasteiger partial charge in [0.2, 0.25) is 0 Å². The highest BCUT2D eigenvalue weighted by Crippen LogP contribution is 2.31. The van der Waals surface area contributed by atoms with Gasteiger partial charge in [0.15, 0.2) is 11.2 Å². The van der Waals surface area contributed by atoms with Gasteiger partial charge in [0.25, 0.3) is 11.8 Å². The highest BCUT2D eigenvalue weighted by atomic mass is 16.3. The van der Waals surface area contributed by atoms with Crippen LogP contribution < -0.4 is 10.9 Å². The summed E-state index contributed by atoms with van der Waals surface area (Å²) in [5.41, 5.74) is 3.91. The van der Waals surface area contributed by atoms with E-state index in [2.05, 4.69) is 21.1 Å². The third-order valence-corrected chi connectivity index (χ3v) is 7.09. The molecule has 0 aromatic heterocycles. The SMILES string of the molecule is O=C(N/N=C/c1cccc(/C=N/NC(=O)C(O)(c2ccccc2)c2ccccc2)c1)C(O)(c1ccccc1)c1ccccc1. The van der Waals surface area contributed by atoms with Crippen molar-refractivity contribution in [2.24, 2.45) is 10.2 Å². The zero-order chi connectivity index (χ0) is 30.8. The summed E-state index contributed by atoms with van der Waals surface area (Å²) >= 11 is 0. The summed E-state index contributed by atoms with van der Waals surface area (Å²) in [4.78, 5) is 26.5. The highest BCUT2D eigenvalue weighted by Gasteiger charge is 2.40.